The fourth-order valence-corrected chi connectivity index (χ4v) is 4.34. The van der Waals surface area contributed by atoms with Crippen molar-refractivity contribution in [3.63, 3.8) is 0 Å². The second kappa shape index (κ2) is 10.4. The van der Waals surface area contributed by atoms with Gasteiger partial charge in [0.1, 0.15) is 11.5 Å². The summed E-state index contributed by atoms with van der Waals surface area (Å²) in [5.74, 6) is 1.20. The average Bonchev–Trinajstić information content (AvgIpc) is 3.49. The number of carbonyl (C=O) groups is 2. The third-order valence-electron chi connectivity index (χ3n) is 5.46. The van der Waals surface area contributed by atoms with E-state index in [9.17, 15) is 9.59 Å². The molecule has 2 amide bonds. The lowest BCUT2D eigenvalue weighted by atomic mass is 10.1. The van der Waals surface area contributed by atoms with Crippen molar-refractivity contribution in [2.45, 2.75) is 32.7 Å². The molecule has 1 aromatic heterocycles. The third kappa shape index (κ3) is 5.32. The number of hydrogen-bond acceptors (Lipinski definition) is 6. The van der Waals surface area contributed by atoms with E-state index in [0.717, 1.165) is 10.6 Å². The fourth-order valence-electron chi connectivity index (χ4n) is 3.44. The highest BCUT2D eigenvalue weighted by molar-refractivity contribution is 7.14. The Balaban J connectivity index is 1.39. The van der Waals surface area contributed by atoms with Crippen molar-refractivity contribution in [2.24, 2.45) is 5.92 Å². The number of benzene rings is 1. The van der Waals surface area contributed by atoms with Crippen LogP contribution in [0, 0.1) is 5.92 Å². The van der Waals surface area contributed by atoms with Crippen molar-refractivity contribution in [3.05, 3.63) is 76.3 Å². The number of rotatable bonds is 10. The molecule has 1 aliphatic heterocycles. The highest BCUT2D eigenvalue weighted by Gasteiger charge is 2.37. The summed E-state index contributed by atoms with van der Waals surface area (Å²) in [6.07, 6.45) is 12.5. The van der Waals surface area contributed by atoms with Crippen molar-refractivity contribution >= 4 is 40.8 Å². The quantitative estimate of drug-likeness (QED) is 0.366. The zero-order valence-electron chi connectivity index (χ0n) is 19.0. The van der Waals surface area contributed by atoms with E-state index in [1.165, 1.54) is 35.2 Å². The first kappa shape index (κ1) is 24.0. The molecule has 1 aromatic carbocycles. The van der Waals surface area contributed by atoms with E-state index in [-0.39, 0.29) is 11.8 Å². The Morgan fingerprint density at radius 2 is 2.03 bits per heavy atom. The molecule has 0 saturated heterocycles. The van der Waals surface area contributed by atoms with Gasteiger partial charge in [-0.3, -0.25) is 14.5 Å². The molecule has 4 rings (SSSR count). The maximum absolute atomic E-state index is 12.7. The van der Waals surface area contributed by atoms with Gasteiger partial charge >= 0.3 is 0 Å². The van der Waals surface area contributed by atoms with Crippen LogP contribution in [0.3, 0.4) is 0 Å². The van der Waals surface area contributed by atoms with Crippen molar-refractivity contribution in [1.82, 2.24) is 9.88 Å². The Morgan fingerprint density at radius 3 is 2.71 bits per heavy atom. The summed E-state index contributed by atoms with van der Waals surface area (Å²) in [6, 6.07) is 4.90. The summed E-state index contributed by atoms with van der Waals surface area (Å²) in [4.78, 5) is 31.7. The topological polar surface area (TPSA) is 68.7 Å². The van der Waals surface area contributed by atoms with Gasteiger partial charge in [0, 0.05) is 12.3 Å². The van der Waals surface area contributed by atoms with Crippen LogP contribution in [-0.2, 0) is 9.59 Å². The SMILES string of the molecule is C=CC1=C(/C=C\C)C(=O)N([C@@H](C)/C=C/c2cnc(Oc3ccc(OCC4CC4)cc3Cl)s2)C1=O. The van der Waals surface area contributed by atoms with Gasteiger partial charge in [0.2, 0.25) is 0 Å². The monoisotopic (exact) mass is 496 g/mol. The Bertz CT molecular complexity index is 1210. The lowest BCUT2D eigenvalue weighted by Crippen LogP contribution is -2.38. The van der Waals surface area contributed by atoms with Crippen molar-refractivity contribution < 1.29 is 19.1 Å². The van der Waals surface area contributed by atoms with Gasteiger partial charge in [-0.15, -0.1) is 0 Å². The van der Waals surface area contributed by atoms with Gasteiger partial charge in [0.05, 0.1) is 33.7 Å². The number of nitrogens with zero attached hydrogens (tertiary/aromatic N) is 2. The van der Waals surface area contributed by atoms with Crippen LogP contribution in [0.4, 0.5) is 0 Å². The molecule has 0 radical (unpaired) electrons. The van der Waals surface area contributed by atoms with Crippen LogP contribution in [0.5, 0.6) is 16.7 Å². The van der Waals surface area contributed by atoms with Crippen LogP contribution in [0.1, 0.15) is 31.6 Å². The lowest BCUT2D eigenvalue weighted by molar-refractivity contribution is -0.138. The number of aromatic nitrogens is 1. The summed E-state index contributed by atoms with van der Waals surface area (Å²) < 4.78 is 11.6. The minimum Gasteiger partial charge on any atom is -0.493 e. The maximum atomic E-state index is 12.7. The molecule has 0 bridgehead atoms. The standard InChI is InChI=1S/C26H25ClN2O4S/c1-4-6-21-20(5-2)24(30)29(25(21)31)16(3)7-11-19-14-28-26(34-19)33-23-12-10-18(13-22(23)27)32-15-17-8-9-17/h4-7,10-14,16-17H,2,8-9,15H2,1,3H3/b6-4-,11-7+/t16-/m0/s1. The zero-order valence-corrected chi connectivity index (χ0v) is 20.6. The maximum Gasteiger partial charge on any atom is 0.279 e. The minimum atomic E-state index is -0.443. The number of imide groups is 1. The van der Waals surface area contributed by atoms with Crippen LogP contribution in [-0.4, -0.2) is 34.3 Å². The predicted octanol–water partition coefficient (Wildman–Crippen LogP) is 6.21. The molecule has 0 N–H and O–H groups in total. The van der Waals surface area contributed by atoms with Gasteiger partial charge in [-0.25, -0.2) is 4.98 Å². The first-order valence-corrected chi connectivity index (χ1v) is 12.2. The number of allylic oxidation sites excluding steroid dienone is 1. The normalized spacial score (nSPS) is 17.3. The number of thiazole rings is 1. The fraction of sp³-hybridized carbons (Fsp3) is 0.269. The van der Waals surface area contributed by atoms with E-state index in [0.29, 0.717) is 39.6 Å². The molecule has 1 saturated carbocycles. The molecular weight excluding hydrogens is 472 g/mol. The van der Waals surface area contributed by atoms with Crippen LogP contribution >= 0.6 is 22.9 Å². The molecule has 1 atom stereocenters. The Labute approximate surface area is 207 Å². The summed E-state index contributed by atoms with van der Waals surface area (Å²) in [7, 11) is 0. The molecule has 2 heterocycles. The van der Waals surface area contributed by atoms with Crippen molar-refractivity contribution in [3.8, 4) is 16.7 Å². The zero-order chi connectivity index (χ0) is 24.2. The lowest BCUT2D eigenvalue weighted by Gasteiger charge is -2.20. The second-order valence-electron chi connectivity index (χ2n) is 8.09. The number of halogens is 1. The van der Waals surface area contributed by atoms with Crippen LogP contribution in [0.15, 0.2) is 66.4 Å². The van der Waals surface area contributed by atoms with Gasteiger partial charge in [-0.1, -0.05) is 53.8 Å². The molecule has 8 heteroatoms. The summed E-state index contributed by atoms with van der Waals surface area (Å²) in [5.41, 5.74) is 0.676. The predicted molar refractivity (Wildman–Crippen MR) is 134 cm³/mol. The van der Waals surface area contributed by atoms with E-state index >= 15 is 0 Å². The number of carbonyl (C=O) groups excluding carboxylic acids is 2. The van der Waals surface area contributed by atoms with Crippen molar-refractivity contribution in [1.29, 1.82) is 0 Å². The molecule has 2 aromatic rings. The number of ether oxygens (including phenoxy) is 2. The number of hydrogen-bond donors (Lipinski definition) is 0. The first-order chi connectivity index (χ1) is 16.4. The second-order valence-corrected chi connectivity index (χ2v) is 9.52. The average molecular weight is 497 g/mol. The van der Waals surface area contributed by atoms with E-state index in [1.807, 2.05) is 12.1 Å². The van der Waals surface area contributed by atoms with Crippen LogP contribution in [0.2, 0.25) is 5.02 Å². The Morgan fingerprint density at radius 1 is 1.26 bits per heavy atom. The molecule has 1 aliphatic carbocycles. The van der Waals surface area contributed by atoms with Gasteiger partial charge in [-0.2, -0.15) is 0 Å². The largest absolute Gasteiger partial charge is 0.493 e. The molecule has 6 nitrogen and oxygen atoms in total. The van der Waals surface area contributed by atoms with E-state index in [4.69, 9.17) is 21.1 Å². The minimum absolute atomic E-state index is 0.317. The molecule has 176 valence electrons. The molecule has 0 spiro atoms. The third-order valence-corrected chi connectivity index (χ3v) is 6.59. The summed E-state index contributed by atoms with van der Waals surface area (Å²) in [6.45, 7) is 7.97. The van der Waals surface area contributed by atoms with Gasteiger partial charge in [-0.05, 0) is 50.8 Å². The van der Waals surface area contributed by atoms with Crippen molar-refractivity contribution in [2.75, 3.05) is 6.61 Å². The molecule has 0 unspecified atom stereocenters. The first-order valence-electron chi connectivity index (χ1n) is 11.0. The van der Waals surface area contributed by atoms with Gasteiger partial charge in [0.15, 0.2) is 0 Å². The molecule has 34 heavy (non-hydrogen) atoms. The van der Waals surface area contributed by atoms with Gasteiger partial charge < -0.3 is 9.47 Å². The van der Waals surface area contributed by atoms with Crippen LogP contribution < -0.4 is 9.47 Å². The van der Waals surface area contributed by atoms with E-state index in [1.54, 1.807) is 50.4 Å². The molecular formula is C26H25ClN2O4S. The van der Waals surface area contributed by atoms with E-state index in [2.05, 4.69) is 11.6 Å². The highest BCUT2D eigenvalue weighted by atomic mass is 35.5. The summed E-state index contributed by atoms with van der Waals surface area (Å²) in [5, 5.41) is 0.878. The Kier molecular flexibility index (Phi) is 7.34. The molecule has 1 fully saturated rings. The van der Waals surface area contributed by atoms with E-state index < -0.39 is 6.04 Å². The van der Waals surface area contributed by atoms with Crippen LogP contribution in [0.25, 0.3) is 6.08 Å². The highest BCUT2D eigenvalue weighted by Crippen LogP contribution is 2.36. The summed E-state index contributed by atoms with van der Waals surface area (Å²) >= 11 is 7.68. The Hall–Kier alpha value is -3.16. The van der Waals surface area contributed by atoms with Gasteiger partial charge in [0.25, 0.3) is 17.0 Å². The number of amides is 2. The smallest absolute Gasteiger partial charge is 0.279 e. The molecule has 2 aliphatic rings.